The first kappa shape index (κ1) is 8.68. The SMILES string of the molecule is CNC(=O)c1cnc2nc(C)[nH]c2c1. The summed E-state index contributed by atoms with van der Waals surface area (Å²) in [5.41, 5.74) is 1.95. The number of amides is 1. The maximum Gasteiger partial charge on any atom is 0.252 e. The van der Waals surface area contributed by atoms with Gasteiger partial charge < -0.3 is 10.3 Å². The molecule has 5 nitrogen and oxygen atoms in total. The second kappa shape index (κ2) is 3.10. The van der Waals surface area contributed by atoms with Gasteiger partial charge in [0.2, 0.25) is 0 Å². The summed E-state index contributed by atoms with van der Waals surface area (Å²) < 4.78 is 0. The Morgan fingerprint density at radius 2 is 2.36 bits per heavy atom. The number of nitrogens with one attached hydrogen (secondary N) is 2. The van der Waals surface area contributed by atoms with E-state index in [1.165, 1.54) is 6.20 Å². The minimum Gasteiger partial charge on any atom is -0.355 e. The molecule has 0 aliphatic carbocycles. The van der Waals surface area contributed by atoms with Gasteiger partial charge in [0.15, 0.2) is 5.65 Å². The molecule has 2 rings (SSSR count). The number of pyridine rings is 1. The zero-order chi connectivity index (χ0) is 10.1. The quantitative estimate of drug-likeness (QED) is 0.692. The number of nitrogens with zero attached hydrogens (tertiary/aromatic N) is 2. The maximum absolute atomic E-state index is 11.3. The average molecular weight is 190 g/mol. The molecule has 2 heterocycles. The van der Waals surface area contributed by atoms with Crippen molar-refractivity contribution in [2.75, 3.05) is 7.05 Å². The summed E-state index contributed by atoms with van der Waals surface area (Å²) in [5, 5.41) is 2.54. The number of aryl methyl sites for hydroxylation is 1. The number of aromatic amines is 1. The number of aromatic nitrogens is 3. The fraction of sp³-hybridized carbons (Fsp3) is 0.222. The largest absolute Gasteiger partial charge is 0.355 e. The van der Waals surface area contributed by atoms with Gasteiger partial charge >= 0.3 is 0 Å². The van der Waals surface area contributed by atoms with Gasteiger partial charge in [0.05, 0.1) is 11.1 Å². The summed E-state index contributed by atoms with van der Waals surface area (Å²) in [5.74, 6) is 0.646. The van der Waals surface area contributed by atoms with Crippen molar-refractivity contribution in [3.05, 3.63) is 23.7 Å². The summed E-state index contributed by atoms with van der Waals surface area (Å²) in [7, 11) is 1.59. The molecule has 0 saturated carbocycles. The Morgan fingerprint density at radius 3 is 3.07 bits per heavy atom. The molecule has 5 heteroatoms. The number of carbonyl (C=O) groups excluding carboxylic acids is 1. The van der Waals surface area contributed by atoms with Crippen LogP contribution in [0.3, 0.4) is 0 Å². The number of H-pyrrole nitrogens is 1. The number of hydrogen-bond acceptors (Lipinski definition) is 3. The Kier molecular flexibility index (Phi) is 1.92. The lowest BCUT2D eigenvalue weighted by atomic mass is 10.2. The smallest absolute Gasteiger partial charge is 0.252 e. The van der Waals surface area contributed by atoms with E-state index in [0.29, 0.717) is 11.2 Å². The molecule has 0 aromatic carbocycles. The van der Waals surface area contributed by atoms with E-state index in [2.05, 4.69) is 20.3 Å². The number of hydrogen-bond donors (Lipinski definition) is 2. The highest BCUT2D eigenvalue weighted by Crippen LogP contribution is 2.10. The van der Waals surface area contributed by atoms with Crippen LogP contribution in [-0.4, -0.2) is 27.9 Å². The van der Waals surface area contributed by atoms with Crippen molar-refractivity contribution in [2.24, 2.45) is 0 Å². The van der Waals surface area contributed by atoms with E-state index in [4.69, 9.17) is 0 Å². The standard InChI is InChI=1S/C9H10N4O/c1-5-12-7-3-6(9(14)10-2)4-11-8(7)13-5/h3-4H,1-2H3,(H,10,14)(H,11,12,13). The summed E-state index contributed by atoms with van der Waals surface area (Å²) in [6, 6.07) is 1.74. The lowest BCUT2D eigenvalue weighted by molar-refractivity contribution is 0.0963. The van der Waals surface area contributed by atoms with Gasteiger partial charge in [-0.15, -0.1) is 0 Å². The van der Waals surface area contributed by atoms with Gasteiger partial charge in [0.1, 0.15) is 5.82 Å². The molecule has 0 saturated heterocycles. The molecule has 0 aliphatic rings. The molecule has 14 heavy (non-hydrogen) atoms. The van der Waals surface area contributed by atoms with Crippen molar-refractivity contribution in [3.63, 3.8) is 0 Å². The van der Waals surface area contributed by atoms with Crippen molar-refractivity contribution in [1.29, 1.82) is 0 Å². The second-order valence-electron chi connectivity index (χ2n) is 3.00. The predicted molar refractivity (Wildman–Crippen MR) is 52.0 cm³/mol. The Labute approximate surface area is 80.6 Å². The van der Waals surface area contributed by atoms with E-state index in [1.807, 2.05) is 6.92 Å². The van der Waals surface area contributed by atoms with Gasteiger partial charge in [-0.1, -0.05) is 0 Å². The number of imidazole rings is 1. The number of carbonyl (C=O) groups is 1. The molecule has 72 valence electrons. The molecule has 1 amide bonds. The molecule has 2 N–H and O–H groups in total. The molecule has 0 aliphatic heterocycles. The zero-order valence-corrected chi connectivity index (χ0v) is 7.96. The topological polar surface area (TPSA) is 70.7 Å². The summed E-state index contributed by atoms with van der Waals surface area (Å²) in [6.45, 7) is 1.85. The van der Waals surface area contributed by atoms with Gasteiger partial charge in [-0.3, -0.25) is 4.79 Å². The molecule has 0 atom stereocenters. The van der Waals surface area contributed by atoms with Crippen LogP contribution in [0.4, 0.5) is 0 Å². The highest BCUT2D eigenvalue weighted by molar-refractivity contribution is 5.96. The molecule has 0 unspecified atom stereocenters. The molecule has 0 fully saturated rings. The van der Waals surface area contributed by atoms with E-state index in [1.54, 1.807) is 13.1 Å². The van der Waals surface area contributed by atoms with Crippen LogP contribution < -0.4 is 5.32 Å². The minimum atomic E-state index is -0.147. The monoisotopic (exact) mass is 190 g/mol. The van der Waals surface area contributed by atoms with Gasteiger partial charge in [-0.05, 0) is 13.0 Å². The van der Waals surface area contributed by atoms with Crippen LogP contribution in [0, 0.1) is 6.92 Å². The van der Waals surface area contributed by atoms with Gasteiger partial charge in [-0.2, -0.15) is 0 Å². The Bertz CT molecular complexity index is 489. The van der Waals surface area contributed by atoms with E-state index in [-0.39, 0.29) is 5.91 Å². The Morgan fingerprint density at radius 1 is 1.57 bits per heavy atom. The van der Waals surface area contributed by atoms with Crippen LogP contribution in [0.15, 0.2) is 12.3 Å². The molecular weight excluding hydrogens is 180 g/mol. The van der Waals surface area contributed by atoms with Crippen molar-refractivity contribution in [3.8, 4) is 0 Å². The third-order valence-electron chi connectivity index (χ3n) is 1.95. The average Bonchev–Trinajstić information content (AvgIpc) is 2.55. The number of rotatable bonds is 1. The normalized spacial score (nSPS) is 10.4. The predicted octanol–water partition coefficient (Wildman–Crippen LogP) is 0.626. The molecular formula is C9H10N4O. The van der Waals surface area contributed by atoms with E-state index in [9.17, 15) is 4.79 Å². The summed E-state index contributed by atoms with van der Waals surface area (Å²) in [4.78, 5) is 22.5. The first-order chi connectivity index (χ1) is 6.70. The summed E-state index contributed by atoms with van der Waals surface area (Å²) in [6.07, 6.45) is 1.52. The number of fused-ring (bicyclic) bond motifs is 1. The molecule has 2 aromatic heterocycles. The first-order valence-corrected chi connectivity index (χ1v) is 4.25. The van der Waals surface area contributed by atoms with Crippen LogP contribution in [0.2, 0.25) is 0 Å². The van der Waals surface area contributed by atoms with Crippen molar-refractivity contribution in [2.45, 2.75) is 6.92 Å². The van der Waals surface area contributed by atoms with Crippen LogP contribution in [-0.2, 0) is 0 Å². The van der Waals surface area contributed by atoms with Crippen molar-refractivity contribution in [1.82, 2.24) is 20.3 Å². The van der Waals surface area contributed by atoms with E-state index >= 15 is 0 Å². The molecule has 2 aromatic rings. The van der Waals surface area contributed by atoms with E-state index < -0.39 is 0 Å². The van der Waals surface area contributed by atoms with Crippen LogP contribution in [0.1, 0.15) is 16.2 Å². The van der Waals surface area contributed by atoms with Crippen LogP contribution in [0.25, 0.3) is 11.2 Å². The fourth-order valence-electron chi connectivity index (χ4n) is 1.29. The highest BCUT2D eigenvalue weighted by atomic mass is 16.1. The minimum absolute atomic E-state index is 0.147. The second-order valence-corrected chi connectivity index (χ2v) is 3.00. The van der Waals surface area contributed by atoms with Crippen LogP contribution in [0.5, 0.6) is 0 Å². The van der Waals surface area contributed by atoms with Crippen molar-refractivity contribution >= 4 is 17.1 Å². The lowest BCUT2D eigenvalue weighted by Gasteiger charge is -1.97. The summed E-state index contributed by atoms with van der Waals surface area (Å²) >= 11 is 0. The van der Waals surface area contributed by atoms with E-state index in [0.717, 1.165) is 11.3 Å². The first-order valence-electron chi connectivity index (χ1n) is 4.25. The van der Waals surface area contributed by atoms with Gasteiger partial charge in [0.25, 0.3) is 5.91 Å². The fourth-order valence-corrected chi connectivity index (χ4v) is 1.29. The van der Waals surface area contributed by atoms with Crippen molar-refractivity contribution < 1.29 is 4.79 Å². The zero-order valence-electron chi connectivity index (χ0n) is 7.96. The Balaban J connectivity index is 2.55. The van der Waals surface area contributed by atoms with Gasteiger partial charge in [0, 0.05) is 13.2 Å². The van der Waals surface area contributed by atoms with Gasteiger partial charge in [-0.25, -0.2) is 9.97 Å². The Hall–Kier alpha value is -1.91. The molecule has 0 radical (unpaired) electrons. The molecule has 0 bridgehead atoms. The third-order valence-corrected chi connectivity index (χ3v) is 1.95. The highest BCUT2D eigenvalue weighted by Gasteiger charge is 2.06. The van der Waals surface area contributed by atoms with Crippen LogP contribution >= 0.6 is 0 Å². The molecule has 0 spiro atoms. The maximum atomic E-state index is 11.3. The lowest BCUT2D eigenvalue weighted by Crippen LogP contribution is -2.17. The third kappa shape index (κ3) is 1.32.